The fourth-order valence-electron chi connectivity index (χ4n) is 2.81. The van der Waals surface area contributed by atoms with E-state index in [2.05, 4.69) is 20.4 Å². The molecule has 0 bridgehead atoms. The maximum atomic E-state index is 12.4. The molecule has 4 aromatic rings. The summed E-state index contributed by atoms with van der Waals surface area (Å²) in [5.41, 5.74) is 4.07. The second kappa shape index (κ2) is 6.24. The second-order valence-corrected chi connectivity index (χ2v) is 5.67. The molecule has 2 aromatic heterocycles. The highest BCUT2D eigenvalue weighted by atomic mass is 16.2. The maximum absolute atomic E-state index is 12.4. The van der Waals surface area contributed by atoms with Gasteiger partial charge in [-0.25, -0.2) is 4.98 Å². The number of hydrogen-bond acceptors (Lipinski definition) is 3. The summed E-state index contributed by atoms with van der Waals surface area (Å²) in [5, 5.41) is 7.05. The quantitative estimate of drug-likeness (QED) is 0.599. The number of benzene rings is 2. The van der Waals surface area contributed by atoms with E-state index < -0.39 is 0 Å². The first-order valence-electron chi connectivity index (χ1n) is 8.13. The van der Waals surface area contributed by atoms with Crippen LogP contribution in [0.15, 0.2) is 60.8 Å². The number of nitrogens with one attached hydrogen (secondary N) is 2. The number of carbonyl (C=O) groups excluding carboxylic acids is 1. The van der Waals surface area contributed by atoms with Gasteiger partial charge in [0.25, 0.3) is 5.91 Å². The molecule has 0 saturated heterocycles. The molecule has 0 fully saturated rings. The summed E-state index contributed by atoms with van der Waals surface area (Å²) in [6, 6.07) is 17.2. The van der Waals surface area contributed by atoms with E-state index in [0.29, 0.717) is 17.9 Å². The molecule has 0 radical (unpaired) electrons. The van der Waals surface area contributed by atoms with Crippen LogP contribution in [0.2, 0.25) is 0 Å². The Kier molecular flexibility index (Phi) is 3.78. The van der Waals surface area contributed by atoms with Gasteiger partial charge < -0.3 is 10.3 Å². The number of hydrogen-bond donors (Lipinski definition) is 2. The molecule has 1 amide bonds. The van der Waals surface area contributed by atoms with Crippen LogP contribution in [0, 0.1) is 0 Å². The molecule has 25 heavy (non-hydrogen) atoms. The summed E-state index contributed by atoms with van der Waals surface area (Å²) in [7, 11) is 0. The molecule has 6 nitrogen and oxygen atoms in total. The average molecular weight is 331 g/mol. The summed E-state index contributed by atoms with van der Waals surface area (Å²) in [6.45, 7) is 2.60. The molecule has 124 valence electrons. The standard InChI is InChI=1S/C19H17N5O/c1-2-24-17(10-11-20-24)19(25)21-14-7-5-6-13(12-14)18-22-15-8-3-4-9-16(15)23-18/h3-12H,2H2,1H3,(H,21,25)(H,22,23). The predicted molar refractivity (Wildman–Crippen MR) is 97.4 cm³/mol. The Hall–Kier alpha value is -3.41. The molecule has 0 spiro atoms. The normalized spacial score (nSPS) is 10.9. The van der Waals surface area contributed by atoms with E-state index in [1.807, 2.05) is 55.5 Å². The maximum Gasteiger partial charge on any atom is 0.273 e. The number of imidazole rings is 1. The number of aromatic amines is 1. The molecule has 4 rings (SSSR count). The number of carbonyl (C=O) groups is 1. The van der Waals surface area contributed by atoms with Crippen molar-refractivity contribution in [1.82, 2.24) is 19.7 Å². The van der Waals surface area contributed by atoms with Gasteiger partial charge in [-0.05, 0) is 37.3 Å². The van der Waals surface area contributed by atoms with Gasteiger partial charge in [-0.1, -0.05) is 24.3 Å². The van der Waals surface area contributed by atoms with Crippen molar-refractivity contribution in [1.29, 1.82) is 0 Å². The van der Waals surface area contributed by atoms with Crippen molar-refractivity contribution >= 4 is 22.6 Å². The summed E-state index contributed by atoms with van der Waals surface area (Å²) in [4.78, 5) is 20.3. The van der Waals surface area contributed by atoms with Gasteiger partial charge in [-0.15, -0.1) is 0 Å². The van der Waals surface area contributed by atoms with Gasteiger partial charge in [-0.3, -0.25) is 9.48 Å². The van der Waals surface area contributed by atoms with E-state index in [9.17, 15) is 4.79 Å². The minimum absolute atomic E-state index is 0.180. The Balaban J connectivity index is 1.62. The summed E-state index contributed by atoms with van der Waals surface area (Å²) in [6.07, 6.45) is 1.63. The van der Waals surface area contributed by atoms with Crippen LogP contribution in [0.4, 0.5) is 5.69 Å². The van der Waals surface area contributed by atoms with Crippen molar-refractivity contribution in [2.45, 2.75) is 13.5 Å². The number of aromatic nitrogens is 4. The van der Waals surface area contributed by atoms with Crippen LogP contribution in [-0.4, -0.2) is 25.7 Å². The molecule has 2 N–H and O–H groups in total. The van der Waals surface area contributed by atoms with Gasteiger partial charge in [0, 0.05) is 24.0 Å². The smallest absolute Gasteiger partial charge is 0.273 e. The SMILES string of the molecule is CCn1nccc1C(=O)Nc1cccc(-c2nc3ccccc3[nH]2)c1. The lowest BCUT2D eigenvalue weighted by atomic mass is 10.2. The molecule has 0 aliphatic rings. The third-order valence-electron chi connectivity index (χ3n) is 4.03. The highest BCUT2D eigenvalue weighted by Crippen LogP contribution is 2.23. The number of fused-ring (bicyclic) bond motifs is 1. The van der Waals surface area contributed by atoms with E-state index in [0.717, 1.165) is 22.4 Å². The minimum atomic E-state index is -0.180. The fraction of sp³-hybridized carbons (Fsp3) is 0.105. The molecule has 0 unspecified atom stereocenters. The molecule has 2 heterocycles. The zero-order valence-corrected chi connectivity index (χ0v) is 13.7. The first-order valence-corrected chi connectivity index (χ1v) is 8.13. The Morgan fingerprint density at radius 3 is 2.88 bits per heavy atom. The zero-order chi connectivity index (χ0) is 17.2. The Morgan fingerprint density at radius 1 is 1.16 bits per heavy atom. The third kappa shape index (κ3) is 2.89. The van der Waals surface area contributed by atoms with Crippen LogP contribution in [-0.2, 0) is 6.54 Å². The number of H-pyrrole nitrogens is 1. The number of nitrogens with zero attached hydrogens (tertiary/aromatic N) is 3. The van der Waals surface area contributed by atoms with Crippen molar-refractivity contribution in [3.8, 4) is 11.4 Å². The molecule has 0 aliphatic carbocycles. The van der Waals surface area contributed by atoms with Crippen molar-refractivity contribution in [2.75, 3.05) is 5.32 Å². The molecular formula is C19H17N5O. The lowest BCUT2D eigenvalue weighted by Crippen LogP contribution is -2.17. The van der Waals surface area contributed by atoms with Gasteiger partial charge in [-0.2, -0.15) is 5.10 Å². The molecule has 2 aromatic carbocycles. The lowest BCUT2D eigenvalue weighted by Gasteiger charge is -2.07. The summed E-state index contributed by atoms with van der Waals surface area (Å²) < 4.78 is 1.67. The van der Waals surface area contributed by atoms with E-state index in [1.165, 1.54) is 0 Å². The fourth-order valence-corrected chi connectivity index (χ4v) is 2.81. The van der Waals surface area contributed by atoms with Crippen LogP contribution in [0.3, 0.4) is 0 Å². The molecule has 0 saturated carbocycles. The first kappa shape index (κ1) is 15.1. The molecule has 6 heteroatoms. The highest BCUT2D eigenvalue weighted by molar-refractivity contribution is 6.03. The first-order chi connectivity index (χ1) is 12.2. The number of aryl methyl sites for hydroxylation is 1. The number of rotatable bonds is 4. The van der Waals surface area contributed by atoms with Crippen LogP contribution in [0.5, 0.6) is 0 Å². The van der Waals surface area contributed by atoms with E-state index in [4.69, 9.17) is 0 Å². The Labute approximate surface area is 144 Å². The Bertz CT molecular complexity index is 1010. The van der Waals surface area contributed by atoms with Crippen LogP contribution in [0.1, 0.15) is 17.4 Å². The molecule has 0 atom stereocenters. The number of para-hydroxylation sites is 2. The molecule has 0 aliphatic heterocycles. The minimum Gasteiger partial charge on any atom is -0.338 e. The van der Waals surface area contributed by atoms with Crippen LogP contribution < -0.4 is 5.32 Å². The van der Waals surface area contributed by atoms with Crippen molar-refractivity contribution in [3.63, 3.8) is 0 Å². The van der Waals surface area contributed by atoms with Gasteiger partial charge in [0.15, 0.2) is 0 Å². The van der Waals surface area contributed by atoms with Crippen molar-refractivity contribution < 1.29 is 4.79 Å². The van der Waals surface area contributed by atoms with E-state index >= 15 is 0 Å². The summed E-state index contributed by atoms with van der Waals surface area (Å²) in [5.74, 6) is 0.594. The van der Waals surface area contributed by atoms with Gasteiger partial charge >= 0.3 is 0 Å². The van der Waals surface area contributed by atoms with Crippen molar-refractivity contribution in [2.24, 2.45) is 0 Å². The van der Waals surface area contributed by atoms with Crippen molar-refractivity contribution in [3.05, 3.63) is 66.5 Å². The second-order valence-electron chi connectivity index (χ2n) is 5.67. The third-order valence-corrected chi connectivity index (χ3v) is 4.03. The largest absolute Gasteiger partial charge is 0.338 e. The number of anilines is 1. The van der Waals surface area contributed by atoms with E-state index in [-0.39, 0.29) is 5.91 Å². The van der Waals surface area contributed by atoms with Crippen LogP contribution in [0.25, 0.3) is 22.4 Å². The van der Waals surface area contributed by atoms with Gasteiger partial charge in [0.2, 0.25) is 0 Å². The topological polar surface area (TPSA) is 75.6 Å². The monoisotopic (exact) mass is 331 g/mol. The summed E-state index contributed by atoms with van der Waals surface area (Å²) >= 11 is 0. The van der Waals surface area contributed by atoms with Crippen LogP contribution >= 0.6 is 0 Å². The van der Waals surface area contributed by atoms with E-state index in [1.54, 1.807) is 16.9 Å². The lowest BCUT2D eigenvalue weighted by molar-refractivity contribution is 0.101. The van der Waals surface area contributed by atoms with Gasteiger partial charge in [0.05, 0.1) is 11.0 Å². The number of amides is 1. The average Bonchev–Trinajstić information content (AvgIpc) is 3.28. The Morgan fingerprint density at radius 2 is 2.04 bits per heavy atom. The zero-order valence-electron chi connectivity index (χ0n) is 13.7. The highest BCUT2D eigenvalue weighted by Gasteiger charge is 2.12. The molecular weight excluding hydrogens is 314 g/mol. The predicted octanol–water partition coefficient (Wildman–Crippen LogP) is 3.70. The van der Waals surface area contributed by atoms with Gasteiger partial charge in [0.1, 0.15) is 11.5 Å².